The average Bonchev–Trinajstić information content (AvgIpc) is 2.62. The molecule has 2 aromatic carbocycles. The summed E-state index contributed by atoms with van der Waals surface area (Å²) < 4.78 is 13.8. The number of carbonyl (C=O) groups excluding carboxylic acids is 2. The van der Waals surface area contributed by atoms with E-state index in [0.717, 1.165) is 4.47 Å². The Kier molecular flexibility index (Phi) is 5.48. The van der Waals surface area contributed by atoms with Gasteiger partial charge < -0.3 is 10.2 Å². The fourth-order valence-electron chi connectivity index (χ4n) is 2.90. The van der Waals surface area contributed by atoms with Gasteiger partial charge >= 0.3 is 0 Å². The lowest BCUT2D eigenvalue weighted by atomic mass is 10.0. The van der Waals surface area contributed by atoms with E-state index in [1.54, 1.807) is 6.07 Å². The summed E-state index contributed by atoms with van der Waals surface area (Å²) in [5, 5.41) is 2.96. The van der Waals surface area contributed by atoms with Gasteiger partial charge in [-0.05, 0) is 55.3 Å². The molecule has 0 unspecified atom stereocenters. The molecule has 2 amide bonds. The van der Waals surface area contributed by atoms with Crippen LogP contribution in [0.3, 0.4) is 0 Å². The van der Waals surface area contributed by atoms with Crippen LogP contribution in [-0.4, -0.2) is 35.8 Å². The molecule has 0 aliphatic carbocycles. The third-order valence-electron chi connectivity index (χ3n) is 4.30. The molecule has 0 radical (unpaired) electrons. The SMILES string of the molecule is O=C(NC1CCN(C(=O)c2cccc(Br)c2)CC1)c1ccc(F)cc1. The third-order valence-corrected chi connectivity index (χ3v) is 4.79. The molecule has 1 heterocycles. The van der Waals surface area contributed by atoms with Gasteiger partial charge in [0.2, 0.25) is 0 Å². The molecular weight excluding hydrogens is 387 g/mol. The van der Waals surface area contributed by atoms with Crippen molar-refractivity contribution in [2.75, 3.05) is 13.1 Å². The highest BCUT2D eigenvalue weighted by atomic mass is 79.9. The summed E-state index contributed by atoms with van der Waals surface area (Å²) in [5.74, 6) is -0.572. The van der Waals surface area contributed by atoms with Crippen LogP contribution in [0.15, 0.2) is 53.0 Å². The molecule has 130 valence electrons. The summed E-state index contributed by atoms with van der Waals surface area (Å²) in [4.78, 5) is 26.5. The quantitative estimate of drug-likeness (QED) is 0.848. The zero-order valence-corrected chi connectivity index (χ0v) is 15.1. The first kappa shape index (κ1) is 17.6. The van der Waals surface area contributed by atoms with E-state index in [2.05, 4.69) is 21.2 Å². The van der Waals surface area contributed by atoms with Crippen molar-refractivity contribution in [3.8, 4) is 0 Å². The fraction of sp³-hybridized carbons (Fsp3) is 0.263. The van der Waals surface area contributed by atoms with Crippen molar-refractivity contribution < 1.29 is 14.0 Å². The minimum absolute atomic E-state index is 0.00427. The van der Waals surface area contributed by atoms with Gasteiger partial charge in [-0.2, -0.15) is 0 Å². The predicted octanol–water partition coefficient (Wildman–Crippen LogP) is 3.62. The van der Waals surface area contributed by atoms with E-state index >= 15 is 0 Å². The number of nitrogens with one attached hydrogen (secondary N) is 1. The van der Waals surface area contributed by atoms with Gasteiger partial charge in [0.25, 0.3) is 11.8 Å². The Bertz CT molecular complexity index is 771. The van der Waals surface area contributed by atoms with Crippen molar-refractivity contribution in [2.24, 2.45) is 0 Å². The number of amides is 2. The van der Waals surface area contributed by atoms with E-state index in [1.807, 2.05) is 23.1 Å². The molecular formula is C19H18BrFN2O2. The Balaban J connectivity index is 1.54. The molecule has 0 spiro atoms. The first-order valence-electron chi connectivity index (χ1n) is 8.14. The Labute approximate surface area is 154 Å². The first-order valence-corrected chi connectivity index (χ1v) is 8.93. The standard InChI is InChI=1S/C19H18BrFN2O2/c20-15-3-1-2-14(12-15)19(25)23-10-8-17(9-11-23)22-18(24)13-4-6-16(21)7-5-13/h1-7,12,17H,8-11H2,(H,22,24). The van der Waals surface area contributed by atoms with Gasteiger partial charge in [-0.3, -0.25) is 9.59 Å². The molecule has 0 atom stereocenters. The number of rotatable bonds is 3. The van der Waals surface area contributed by atoms with Crippen molar-refractivity contribution in [3.05, 3.63) is 69.9 Å². The van der Waals surface area contributed by atoms with Crippen LogP contribution in [0.25, 0.3) is 0 Å². The van der Waals surface area contributed by atoms with E-state index in [9.17, 15) is 14.0 Å². The Hall–Kier alpha value is -2.21. The highest BCUT2D eigenvalue weighted by molar-refractivity contribution is 9.10. The van der Waals surface area contributed by atoms with Crippen LogP contribution in [0.1, 0.15) is 33.6 Å². The molecule has 6 heteroatoms. The summed E-state index contributed by atoms with van der Waals surface area (Å²) in [5.41, 5.74) is 1.09. The van der Waals surface area contributed by atoms with Crippen molar-refractivity contribution in [1.82, 2.24) is 10.2 Å². The molecule has 1 saturated heterocycles. The molecule has 2 aromatic rings. The number of hydrogen-bond acceptors (Lipinski definition) is 2. The fourth-order valence-corrected chi connectivity index (χ4v) is 3.30. The molecule has 0 aromatic heterocycles. The van der Waals surface area contributed by atoms with E-state index in [-0.39, 0.29) is 23.7 Å². The highest BCUT2D eigenvalue weighted by Gasteiger charge is 2.25. The van der Waals surface area contributed by atoms with Gasteiger partial charge in [0.1, 0.15) is 5.82 Å². The maximum Gasteiger partial charge on any atom is 0.253 e. The minimum atomic E-state index is -0.365. The first-order chi connectivity index (χ1) is 12.0. The largest absolute Gasteiger partial charge is 0.349 e. The molecule has 0 saturated carbocycles. The molecule has 1 aliphatic rings. The van der Waals surface area contributed by atoms with Gasteiger partial charge in [-0.25, -0.2) is 4.39 Å². The van der Waals surface area contributed by atoms with Gasteiger partial charge in [0.05, 0.1) is 0 Å². The summed E-state index contributed by atoms with van der Waals surface area (Å²) in [7, 11) is 0. The zero-order valence-electron chi connectivity index (χ0n) is 13.5. The normalized spacial score (nSPS) is 15.0. The van der Waals surface area contributed by atoms with E-state index in [0.29, 0.717) is 37.1 Å². The Morgan fingerprint density at radius 3 is 2.36 bits per heavy atom. The van der Waals surface area contributed by atoms with Crippen molar-refractivity contribution >= 4 is 27.7 Å². The van der Waals surface area contributed by atoms with E-state index < -0.39 is 0 Å². The monoisotopic (exact) mass is 404 g/mol. The topological polar surface area (TPSA) is 49.4 Å². The molecule has 25 heavy (non-hydrogen) atoms. The number of piperidine rings is 1. The summed E-state index contributed by atoms with van der Waals surface area (Å²) in [6.45, 7) is 1.19. The molecule has 1 fully saturated rings. The van der Waals surface area contributed by atoms with E-state index in [4.69, 9.17) is 0 Å². The Morgan fingerprint density at radius 1 is 1.04 bits per heavy atom. The number of likely N-dealkylation sites (tertiary alicyclic amines) is 1. The smallest absolute Gasteiger partial charge is 0.253 e. The molecule has 1 N–H and O–H groups in total. The maximum atomic E-state index is 12.9. The van der Waals surface area contributed by atoms with Crippen LogP contribution in [0.2, 0.25) is 0 Å². The van der Waals surface area contributed by atoms with Crippen LogP contribution >= 0.6 is 15.9 Å². The third kappa shape index (κ3) is 4.45. The number of benzene rings is 2. The van der Waals surface area contributed by atoms with Crippen LogP contribution < -0.4 is 5.32 Å². The minimum Gasteiger partial charge on any atom is -0.349 e. The predicted molar refractivity (Wildman–Crippen MR) is 96.9 cm³/mol. The van der Waals surface area contributed by atoms with Crippen molar-refractivity contribution in [3.63, 3.8) is 0 Å². The lowest BCUT2D eigenvalue weighted by Crippen LogP contribution is -2.46. The molecule has 1 aliphatic heterocycles. The second-order valence-electron chi connectivity index (χ2n) is 6.06. The number of halogens is 2. The molecule has 4 nitrogen and oxygen atoms in total. The highest BCUT2D eigenvalue weighted by Crippen LogP contribution is 2.17. The summed E-state index contributed by atoms with van der Waals surface area (Å²) in [6, 6.07) is 12.8. The average molecular weight is 405 g/mol. The second-order valence-corrected chi connectivity index (χ2v) is 6.97. The number of carbonyl (C=O) groups is 2. The lowest BCUT2D eigenvalue weighted by Gasteiger charge is -2.32. The van der Waals surface area contributed by atoms with Crippen molar-refractivity contribution in [2.45, 2.75) is 18.9 Å². The van der Waals surface area contributed by atoms with Gasteiger partial charge in [0, 0.05) is 34.7 Å². The van der Waals surface area contributed by atoms with Crippen molar-refractivity contribution in [1.29, 1.82) is 0 Å². The van der Waals surface area contributed by atoms with Gasteiger partial charge in [0.15, 0.2) is 0 Å². The number of nitrogens with zero attached hydrogens (tertiary/aromatic N) is 1. The molecule has 0 bridgehead atoms. The van der Waals surface area contributed by atoms with Crippen LogP contribution in [0.5, 0.6) is 0 Å². The van der Waals surface area contributed by atoms with Crippen LogP contribution in [0.4, 0.5) is 4.39 Å². The van der Waals surface area contributed by atoms with Crippen LogP contribution in [-0.2, 0) is 0 Å². The number of hydrogen-bond donors (Lipinski definition) is 1. The maximum absolute atomic E-state index is 12.9. The second kappa shape index (κ2) is 7.78. The van der Waals surface area contributed by atoms with Gasteiger partial charge in [-0.15, -0.1) is 0 Å². The summed E-state index contributed by atoms with van der Waals surface area (Å²) >= 11 is 3.38. The van der Waals surface area contributed by atoms with E-state index in [1.165, 1.54) is 24.3 Å². The lowest BCUT2D eigenvalue weighted by molar-refractivity contribution is 0.0698. The van der Waals surface area contributed by atoms with Crippen LogP contribution in [0, 0.1) is 5.82 Å². The summed E-state index contributed by atoms with van der Waals surface area (Å²) in [6.07, 6.45) is 1.40. The zero-order chi connectivity index (χ0) is 17.8. The Morgan fingerprint density at radius 2 is 1.72 bits per heavy atom. The molecule has 3 rings (SSSR count). The van der Waals surface area contributed by atoms with Gasteiger partial charge in [-0.1, -0.05) is 22.0 Å².